The Balaban J connectivity index is 1.82. The first-order chi connectivity index (χ1) is 8.81. The Morgan fingerprint density at radius 1 is 1.44 bits per heavy atom. The number of morpholine rings is 1. The van der Waals surface area contributed by atoms with E-state index in [0.29, 0.717) is 43.8 Å². The fraction of sp³-hybridized carbons (Fsp3) is 0.778. The van der Waals surface area contributed by atoms with E-state index in [4.69, 9.17) is 9.84 Å². The standard InChI is InChI=1S/C9H15N5O3S/c15-4-1-14-9(10-11-12-14)18-7-8(16)13-2-5-17-6-3-13/h15H,1-7H2. The Labute approximate surface area is 108 Å². The number of carbonyl (C=O) groups is 1. The average Bonchev–Trinajstić information content (AvgIpc) is 2.85. The Hall–Kier alpha value is -1.19. The van der Waals surface area contributed by atoms with Gasteiger partial charge < -0.3 is 14.7 Å². The zero-order valence-corrected chi connectivity index (χ0v) is 10.7. The second kappa shape index (κ2) is 6.66. The van der Waals surface area contributed by atoms with E-state index in [2.05, 4.69) is 15.5 Å². The molecular weight excluding hydrogens is 258 g/mol. The van der Waals surface area contributed by atoms with E-state index >= 15 is 0 Å². The van der Waals surface area contributed by atoms with E-state index in [1.807, 2.05) is 0 Å². The highest BCUT2D eigenvalue weighted by molar-refractivity contribution is 7.99. The van der Waals surface area contributed by atoms with E-state index in [0.717, 1.165) is 0 Å². The van der Waals surface area contributed by atoms with E-state index < -0.39 is 0 Å². The molecule has 100 valence electrons. The summed E-state index contributed by atoms with van der Waals surface area (Å²) in [5.74, 6) is 0.355. The number of tetrazole rings is 1. The average molecular weight is 273 g/mol. The molecule has 9 heteroatoms. The van der Waals surface area contributed by atoms with Crippen LogP contribution in [-0.4, -0.2) is 74.8 Å². The van der Waals surface area contributed by atoms with E-state index in [-0.39, 0.29) is 12.5 Å². The molecule has 1 N–H and O–H groups in total. The van der Waals surface area contributed by atoms with Crippen molar-refractivity contribution in [2.75, 3.05) is 38.7 Å². The van der Waals surface area contributed by atoms with Gasteiger partial charge in [-0.2, -0.15) is 0 Å². The summed E-state index contributed by atoms with van der Waals surface area (Å²) in [4.78, 5) is 13.7. The van der Waals surface area contributed by atoms with Crippen LogP contribution in [0.25, 0.3) is 0 Å². The number of carbonyl (C=O) groups excluding carboxylic acids is 1. The molecule has 0 bridgehead atoms. The van der Waals surface area contributed by atoms with Crippen LogP contribution in [0.4, 0.5) is 0 Å². The minimum atomic E-state index is -0.0317. The maximum atomic E-state index is 11.9. The fourth-order valence-corrected chi connectivity index (χ4v) is 2.37. The number of amides is 1. The van der Waals surface area contributed by atoms with Crippen LogP contribution >= 0.6 is 11.8 Å². The number of ether oxygens (including phenoxy) is 1. The van der Waals surface area contributed by atoms with Gasteiger partial charge in [0.1, 0.15) is 0 Å². The predicted molar refractivity (Wildman–Crippen MR) is 63.0 cm³/mol. The first kappa shape index (κ1) is 13.2. The van der Waals surface area contributed by atoms with E-state index in [9.17, 15) is 4.79 Å². The zero-order chi connectivity index (χ0) is 12.8. The highest BCUT2D eigenvalue weighted by atomic mass is 32.2. The van der Waals surface area contributed by atoms with E-state index in [1.54, 1.807) is 4.90 Å². The first-order valence-corrected chi connectivity index (χ1v) is 6.65. The van der Waals surface area contributed by atoms with Gasteiger partial charge in [-0.25, -0.2) is 4.68 Å². The van der Waals surface area contributed by atoms with Crippen molar-refractivity contribution >= 4 is 17.7 Å². The maximum Gasteiger partial charge on any atom is 0.233 e. The van der Waals surface area contributed by atoms with Crippen LogP contribution in [0.15, 0.2) is 5.16 Å². The van der Waals surface area contributed by atoms with Crippen molar-refractivity contribution in [3.63, 3.8) is 0 Å². The largest absolute Gasteiger partial charge is 0.394 e. The molecule has 0 radical (unpaired) electrons. The lowest BCUT2D eigenvalue weighted by Crippen LogP contribution is -2.41. The SMILES string of the molecule is O=C(CSc1nnnn1CCO)N1CCOCC1. The minimum absolute atomic E-state index is 0.0317. The van der Waals surface area contributed by atoms with Crippen molar-refractivity contribution in [2.45, 2.75) is 11.7 Å². The summed E-state index contributed by atoms with van der Waals surface area (Å²) >= 11 is 1.28. The summed E-state index contributed by atoms with van der Waals surface area (Å²) in [6.07, 6.45) is 0. The molecule has 2 heterocycles. The number of rotatable bonds is 5. The van der Waals surface area contributed by atoms with Gasteiger partial charge in [0.15, 0.2) is 0 Å². The molecule has 0 aliphatic carbocycles. The first-order valence-electron chi connectivity index (χ1n) is 5.66. The molecule has 0 spiro atoms. The molecule has 1 fully saturated rings. The Kier molecular flexibility index (Phi) is 4.90. The van der Waals surface area contributed by atoms with Crippen LogP contribution in [0.3, 0.4) is 0 Å². The molecule has 1 aliphatic heterocycles. The molecule has 18 heavy (non-hydrogen) atoms. The Bertz CT molecular complexity index is 393. The fourth-order valence-electron chi connectivity index (χ4n) is 1.57. The summed E-state index contributed by atoms with van der Waals surface area (Å²) in [5.41, 5.74) is 0. The van der Waals surface area contributed by atoms with E-state index in [1.165, 1.54) is 16.4 Å². The molecule has 0 saturated carbocycles. The molecule has 1 aliphatic rings. The lowest BCUT2D eigenvalue weighted by Gasteiger charge is -2.26. The summed E-state index contributed by atoms with van der Waals surface area (Å²) in [7, 11) is 0. The lowest BCUT2D eigenvalue weighted by molar-refractivity contribution is -0.132. The number of aromatic nitrogens is 4. The Morgan fingerprint density at radius 2 is 2.22 bits per heavy atom. The zero-order valence-electron chi connectivity index (χ0n) is 9.86. The summed E-state index contributed by atoms with van der Waals surface area (Å²) in [5, 5.41) is 20.4. The molecule has 1 aromatic rings. The highest BCUT2D eigenvalue weighted by Crippen LogP contribution is 2.14. The van der Waals surface area contributed by atoms with Gasteiger partial charge in [-0.1, -0.05) is 11.8 Å². The summed E-state index contributed by atoms with van der Waals surface area (Å²) < 4.78 is 6.67. The topological polar surface area (TPSA) is 93.4 Å². The third-order valence-electron chi connectivity index (χ3n) is 2.50. The van der Waals surface area contributed by atoms with Gasteiger partial charge in [-0.05, 0) is 10.4 Å². The van der Waals surface area contributed by atoms with Gasteiger partial charge >= 0.3 is 0 Å². The lowest BCUT2D eigenvalue weighted by atomic mass is 10.4. The van der Waals surface area contributed by atoms with Crippen molar-refractivity contribution in [3.05, 3.63) is 0 Å². The monoisotopic (exact) mass is 273 g/mol. The second-order valence-corrected chi connectivity index (χ2v) is 4.63. The van der Waals surface area contributed by atoms with Gasteiger partial charge in [-0.3, -0.25) is 4.79 Å². The molecule has 0 atom stereocenters. The van der Waals surface area contributed by atoms with Gasteiger partial charge in [0, 0.05) is 13.1 Å². The number of nitrogens with zero attached hydrogens (tertiary/aromatic N) is 5. The van der Waals surface area contributed by atoms with Crippen molar-refractivity contribution < 1.29 is 14.6 Å². The molecular formula is C9H15N5O3S. The number of thioether (sulfide) groups is 1. The third kappa shape index (κ3) is 3.40. The van der Waals surface area contributed by atoms with Crippen molar-refractivity contribution in [3.8, 4) is 0 Å². The van der Waals surface area contributed by atoms with Crippen molar-refractivity contribution in [1.29, 1.82) is 0 Å². The van der Waals surface area contributed by atoms with Gasteiger partial charge in [0.2, 0.25) is 11.1 Å². The number of hydrogen-bond acceptors (Lipinski definition) is 7. The van der Waals surface area contributed by atoms with Crippen LogP contribution in [0.2, 0.25) is 0 Å². The molecule has 1 amide bonds. The predicted octanol–water partition coefficient (Wildman–Crippen LogP) is -1.38. The normalized spacial score (nSPS) is 15.9. The van der Waals surface area contributed by atoms with Gasteiger partial charge in [-0.15, -0.1) is 5.10 Å². The third-order valence-corrected chi connectivity index (χ3v) is 3.44. The van der Waals surface area contributed by atoms with Crippen LogP contribution in [0.1, 0.15) is 0 Å². The van der Waals surface area contributed by atoms with Crippen LogP contribution in [-0.2, 0) is 16.1 Å². The molecule has 8 nitrogen and oxygen atoms in total. The van der Waals surface area contributed by atoms with Crippen LogP contribution in [0, 0.1) is 0 Å². The molecule has 2 rings (SSSR count). The maximum absolute atomic E-state index is 11.9. The quantitative estimate of drug-likeness (QED) is 0.661. The molecule has 1 aromatic heterocycles. The van der Waals surface area contributed by atoms with Crippen LogP contribution < -0.4 is 0 Å². The minimum Gasteiger partial charge on any atom is -0.394 e. The number of aliphatic hydroxyl groups excluding tert-OH is 1. The number of aliphatic hydroxyl groups is 1. The smallest absolute Gasteiger partial charge is 0.233 e. The van der Waals surface area contributed by atoms with Gasteiger partial charge in [0.05, 0.1) is 32.1 Å². The molecule has 0 aromatic carbocycles. The number of hydrogen-bond donors (Lipinski definition) is 1. The van der Waals surface area contributed by atoms with Gasteiger partial charge in [0.25, 0.3) is 0 Å². The molecule has 1 saturated heterocycles. The molecule has 0 unspecified atom stereocenters. The second-order valence-electron chi connectivity index (χ2n) is 3.69. The summed E-state index contributed by atoms with van der Waals surface area (Å²) in [6, 6.07) is 0. The Morgan fingerprint density at radius 3 is 2.94 bits per heavy atom. The van der Waals surface area contributed by atoms with Crippen LogP contribution in [0.5, 0.6) is 0 Å². The summed E-state index contributed by atoms with van der Waals surface area (Å²) in [6.45, 7) is 2.77. The van der Waals surface area contributed by atoms with Crippen molar-refractivity contribution in [2.24, 2.45) is 0 Å². The van der Waals surface area contributed by atoms with Crippen molar-refractivity contribution in [1.82, 2.24) is 25.1 Å². The highest BCUT2D eigenvalue weighted by Gasteiger charge is 2.18.